The molecule has 3 nitrogen and oxygen atoms in total. The van der Waals surface area contributed by atoms with E-state index in [1.54, 1.807) is 6.07 Å². The van der Waals surface area contributed by atoms with Gasteiger partial charge in [0.25, 0.3) is 5.91 Å². The summed E-state index contributed by atoms with van der Waals surface area (Å²) in [4.78, 5) is 12.4. The van der Waals surface area contributed by atoms with Crippen LogP contribution >= 0.6 is 28.1 Å². The van der Waals surface area contributed by atoms with E-state index in [9.17, 15) is 9.18 Å². The second-order valence-corrected chi connectivity index (χ2v) is 5.67. The fraction of sp³-hybridized carbons (Fsp3) is 0.0667. The number of rotatable bonds is 4. The molecular weight excluding hydrogens is 355 g/mol. The molecule has 2 aromatic rings. The van der Waals surface area contributed by atoms with Crippen LogP contribution < -0.4 is 11.1 Å². The number of thiocarbonyl (C=S) groups is 1. The van der Waals surface area contributed by atoms with Gasteiger partial charge in [0, 0.05) is 16.6 Å². The molecule has 0 heterocycles. The maximum Gasteiger partial charge on any atom is 0.252 e. The van der Waals surface area contributed by atoms with Gasteiger partial charge in [0.1, 0.15) is 10.8 Å². The number of amides is 1. The Morgan fingerprint density at radius 3 is 2.76 bits per heavy atom. The molecule has 3 N–H and O–H groups in total. The summed E-state index contributed by atoms with van der Waals surface area (Å²) in [6, 6.07) is 11.2. The molecule has 2 aromatic carbocycles. The summed E-state index contributed by atoms with van der Waals surface area (Å²) in [7, 11) is 0. The van der Waals surface area contributed by atoms with Crippen LogP contribution in [0.3, 0.4) is 0 Å². The normalized spacial score (nSPS) is 10.2. The van der Waals surface area contributed by atoms with E-state index in [1.807, 2.05) is 18.2 Å². The van der Waals surface area contributed by atoms with Crippen LogP contribution in [0.15, 0.2) is 46.9 Å². The number of hydrogen-bond acceptors (Lipinski definition) is 2. The Morgan fingerprint density at radius 2 is 2.05 bits per heavy atom. The van der Waals surface area contributed by atoms with Crippen molar-refractivity contribution in [2.24, 2.45) is 5.73 Å². The van der Waals surface area contributed by atoms with Crippen molar-refractivity contribution >= 4 is 39.0 Å². The molecule has 0 aliphatic rings. The quantitative estimate of drug-likeness (QED) is 0.817. The summed E-state index contributed by atoms with van der Waals surface area (Å²) < 4.78 is 13.7. The van der Waals surface area contributed by atoms with Gasteiger partial charge in [-0.25, -0.2) is 4.39 Å². The predicted octanol–water partition coefficient (Wildman–Crippen LogP) is 3.15. The van der Waals surface area contributed by atoms with Crippen LogP contribution in [-0.4, -0.2) is 10.9 Å². The first-order valence-corrected chi connectivity index (χ1v) is 7.29. The van der Waals surface area contributed by atoms with Crippen molar-refractivity contribution in [3.63, 3.8) is 0 Å². The maximum atomic E-state index is 13.2. The molecule has 0 radical (unpaired) electrons. The van der Waals surface area contributed by atoms with Crippen molar-refractivity contribution in [3.8, 4) is 0 Å². The minimum atomic E-state index is -0.459. The number of carbonyl (C=O) groups excluding carboxylic acids is 1. The highest BCUT2D eigenvalue weighted by atomic mass is 79.9. The predicted molar refractivity (Wildman–Crippen MR) is 87.6 cm³/mol. The van der Waals surface area contributed by atoms with E-state index in [0.29, 0.717) is 16.0 Å². The molecule has 0 aliphatic heterocycles. The lowest BCUT2D eigenvalue weighted by Gasteiger charge is -2.08. The number of benzene rings is 2. The monoisotopic (exact) mass is 366 g/mol. The fourth-order valence-corrected chi connectivity index (χ4v) is 2.34. The van der Waals surface area contributed by atoms with Crippen LogP contribution in [0.1, 0.15) is 21.5 Å². The van der Waals surface area contributed by atoms with Crippen LogP contribution in [0.5, 0.6) is 0 Å². The highest BCUT2D eigenvalue weighted by molar-refractivity contribution is 9.10. The minimum absolute atomic E-state index is 0.250. The van der Waals surface area contributed by atoms with Gasteiger partial charge < -0.3 is 11.1 Å². The number of carbonyl (C=O) groups is 1. The highest BCUT2D eigenvalue weighted by Crippen LogP contribution is 2.17. The second kappa shape index (κ2) is 6.78. The van der Waals surface area contributed by atoms with Gasteiger partial charge in [0.2, 0.25) is 0 Å². The summed E-state index contributed by atoms with van der Waals surface area (Å²) in [5.41, 5.74) is 7.41. The third-order valence-electron chi connectivity index (χ3n) is 2.84. The van der Waals surface area contributed by atoms with Crippen molar-refractivity contribution in [2.75, 3.05) is 0 Å². The smallest absolute Gasteiger partial charge is 0.252 e. The molecule has 0 spiro atoms. The molecule has 0 saturated heterocycles. The summed E-state index contributed by atoms with van der Waals surface area (Å²) in [6.45, 7) is 0.304. The molecule has 0 fully saturated rings. The standard InChI is InChI=1S/C15H12BrFN2OS/c16-13-5-4-11(17)7-12(13)15(20)19-8-9-2-1-3-10(6-9)14(18)21/h1-7H,8H2,(H2,18,21)(H,19,20). The molecule has 0 atom stereocenters. The molecule has 0 unspecified atom stereocenters. The van der Waals surface area contributed by atoms with Gasteiger partial charge in [0.15, 0.2) is 0 Å². The first-order valence-electron chi connectivity index (χ1n) is 6.09. The third-order valence-corrected chi connectivity index (χ3v) is 3.76. The first kappa shape index (κ1) is 15.6. The molecule has 1 amide bonds. The average Bonchev–Trinajstić information content (AvgIpc) is 2.47. The summed E-state index contributed by atoms with van der Waals surface area (Å²) in [5, 5.41) is 2.73. The van der Waals surface area contributed by atoms with Crippen LogP contribution in [0.4, 0.5) is 4.39 Å². The van der Waals surface area contributed by atoms with E-state index in [0.717, 1.165) is 11.1 Å². The van der Waals surface area contributed by atoms with E-state index in [2.05, 4.69) is 21.2 Å². The third kappa shape index (κ3) is 4.09. The van der Waals surface area contributed by atoms with E-state index < -0.39 is 5.82 Å². The number of nitrogens with two attached hydrogens (primary N) is 1. The van der Waals surface area contributed by atoms with Crippen molar-refractivity contribution < 1.29 is 9.18 Å². The molecule has 2 rings (SSSR count). The first-order chi connectivity index (χ1) is 9.97. The van der Waals surface area contributed by atoms with Gasteiger partial charge in [0.05, 0.1) is 5.56 Å². The Hall–Kier alpha value is -1.79. The molecule has 0 bridgehead atoms. The molecule has 0 aromatic heterocycles. The average molecular weight is 367 g/mol. The molecule has 21 heavy (non-hydrogen) atoms. The van der Waals surface area contributed by atoms with Crippen molar-refractivity contribution in [1.29, 1.82) is 0 Å². The minimum Gasteiger partial charge on any atom is -0.389 e. The van der Waals surface area contributed by atoms with Gasteiger partial charge in [-0.05, 0) is 45.8 Å². The lowest BCUT2D eigenvalue weighted by molar-refractivity contribution is 0.0949. The zero-order chi connectivity index (χ0) is 15.4. The largest absolute Gasteiger partial charge is 0.389 e. The summed E-state index contributed by atoms with van der Waals surface area (Å²) in [6.07, 6.45) is 0. The van der Waals surface area contributed by atoms with Crippen molar-refractivity contribution in [2.45, 2.75) is 6.54 Å². The summed E-state index contributed by atoms with van der Waals surface area (Å²) >= 11 is 8.13. The Kier molecular flexibility index (Phi) is 5.03. The number of halogens is 2. The fourth-order valence-electron chi connectivity index (χ4n) is 1.78. The van der Waals surface area contributed by atoms with E-state index >= 15 is 0 Å². The Balaban J connectivity index is 2.09. The van der Waals surface area contributed by atoms with Crippen molar-refractivity contribution in [1.82, 2.24) is 5.32 Å². The van der Waals surface area contributed by atoms with Gasteiger partial charge >= 0.3 is 0 Å². The lowest BCUT2D eigenvalue weighted by atomic mass is 10.1. The number of nitrogens with one attached hydrogen (secondary N) is 1. The van der Waals surface area contributed by atoms with Gasteiger partial charge in [-0.2, -0.15) is 0 Å². The highest BCUT2D eigenvalue weighted by Gasteiger charge is 2.11. The van der Waals surface area contributed by atoms with Crippen LogP contribution in [0, 0.1) is 5.82 Å². The topological polar surface area (TPSA) is 55.1 Å². The van der Waals surface area contributed by atoms with Crippen LogP contribution in [-0.2, 0) is 6.54 Å². The van der Waals surface area contributed by atoms with Crippen LogP contribution in [0.25, 0.3) is 0 Å². The summed E-state index contributed by atoms with van der Waals surface area (Å²) in [5.74, 6) is -0.819. The van der Waals surface area contributed by atoms with E-state index in [-0.39, 0.29) is 11.5 Å². The lowest BCUT2D eigenvalue weighted by Crippen LogP contribution is -2.23. The SMILES string of the molecule is NC(=S)c1cccc(CNC(=O)c2cc(F)ccc2Br)c1. The second-order valence-electron chi connectivity index (χ2n) is 4.37. The zero-order valence-corrected chi connectivity index (χ0v) is 13.3. The zero-order valence-electron chi connectivity index (χ0n) is 10.9. The Bertz CT molecular complexity index is 706. The van der Waals surface area contributed by atoms with E-state index in [4.69, 9.17) is 18.0 Å². The molecule has 0 aliphatic carbocycles. The Labute approximate surface area is 135 Å². The molecule has 108 valence electrons. The van der Waals surface area contributed by atoms with Gasteiger partial charge in [-0.15, -0.1) is 0 Å². The maximum absolute atomic E-state index is 13.2. The number of hydrogen-bond donors (Lipinski definition) is 2. The Morgan fingerprint density at radius 1 is 1.29 bits per heavy atom. The molecule has 6 heteroatoms. The molecular formula is C15H12BrFN2OS. The van der Waals surface area contributed by atoms with Crippen molar-refractivity contribution in [3.05, 3.63) is 69.4 Å². The molecule has 0 saturated carbocycles. The van der Waals surface area contributed by atoms with Gasteiger partial charge in [-0.1, -0.05) is 30.4 Å². The van der Waals surface area contributed by atoms with Crippen LogP contribution in [0.2, 0.25) is 0 Å². The van der Waals surface area contributed by atoms with Gasteiger partial charge in [-0.3, -0.25) is 4.79 Å². The van der Waals surface area contributed by atoms with E-state index in [1.165, 1.54) is 18.2 Å².